The zero-order chi connectivity index (χ0) is 19.6. The number of nitrogens with two attached hydrogens (primary N) is 1. The van der Waals surface area contributed by atoms with Crippen molar-refractivity contribution in [1.29, 1.82) is 0 Å². The van der Waals surface area contributed by atoms with Crippen molar-refractivity contribution in [1.82, 2.24) is 5.43 Å². The first-order chi connectivity index (χ1) is 13.0. The average Bonchev–Trinajstić information content (AvgIpc) is 2.66. The number of nitrogens with one attached hydrogen (secondary N) is 1. The normalized spacial score (nSPS) is 10.5. The Bertz CT molecular complexity index is 814. The first-order valence-electron chi connectivity index (χ1n) is 7.89. The summed E-state index contributed by atoms with van der Waals surface area (Å²) in [5.41, 5.74) is 7.64. The molecule has 2 amide bonds. The lowest BCUT2D eigenvalue weighted by Gasteiger charge is -2.14. The number of urea groups is 1. The number of carbonyl (C=O) groups excluding carboxylic acids is 1. The van der Waals surface area contributed by atoms with Crippen molar-refractivity contribution in [3.8, 4) is 23.0 Å². The summed E-state index contributed by atoms with van der Waals surface area (Å²) in [7, 11) is 3.07. The molecule has 0 fully saturated rings. The molecule has 0 radical (unpaired) electrons. The maximum Gasteiger partial charge on any atom is 0.332 e. The number of hydrogen-bond donors (Lipinski definition) is 2. The molecule has 2 aromatic carbocycles. The number of ether oxygens (including phenoxy) is 4. The third kappa shape index (κ3) is 5.96. The molecule has 3 N–H and O–H groups in total. The predicted molar refractivity (Wildman–Crippen MR) is 102 cm³/mol. The van der Waals surface area contributed by atoms with Gasteiger partial charge in [-0.1, -0.05) is 23.7 Å². The van der Waals surface area contributed by atoms with E-state index in [0.29, 0.717) is 33.6 Å². The zero-order valence-corrected chi connectivity index (χ0v) is 15.7. The molecule has 2 rings (SSSR count). The van der Waals surface area contributed by atoms with Crippen molar-refractivity contribution in [2.75, 3.05) is 27.4 Å². The third-order valence-electron chi connectivity index (χ3n) is 3.30. The van der Waals surface area contributed by atoms with Crippen LogP contribution >= 0.6 is 11.6 Å². The Morgan fingerprint density at radius 3 is 2.44 bits per heavy atom. The lowest BCUT2D eigenvalue weighted by molar-refractivity contribution is 0.206. The topological polar surface area (TPSA) is 104 Å². The highest BCUT2D eigenvalue weighted by Crippen LogP contribution is 2.36. The average molecular weight is 394 g/mol. The van der Waals surface area contributed by atoms with Crippen molar-refractivity contribution >= 4 is 23.8 Å². The second kappa shape index (κ2) is 10.1. The number of rotatable bonds is 9. The molecule has 0 aliphatic heterocycles. The summed E-state index contributed by atoms with van der Waals surface area (Å²) in [4.78, 5) is 10.6. The van der Waals surface area contributed by atoms with Gasteiger partial charge in [0.2, 0.25) is 0 Å². The lowest BCUT2D eigenvalue weighted by Crippen LogP contribution is -2.24. The number of para-hydroxylation sites is 2. The summed E-state index contributed by atoms with van der Waals surface area (Å²) in [5, 5.41) is 4.00. The summed E-state index contributed by atoms with van der Waals surface area (Å²) in [6.07, 6.45) is 1.38. The van der Waals surface area contributed by atoms with Crippen molar-refractivity contribution in [2.45, 2.75) is 0 Å². The molecule has 9 heteroatoms. The molecule has 0 heterocycles. The third-order valence-corrected chi connectivity index (χ3v) is 3.58. The van der Waals surface area contributed by atoms with Crippen molar-refractivity contribution < 1.29 is 23.7 Å². The Morgan fingerprint density at radius 1 is 1.11 bits per heavy atom. The zero-order valence-electron chi connectivity index (χ0n) is 14.9. The number of carbonyl (C=O) groups is 1. The molecular weight excluding hydrogens is 374 g/mol. The van der Waals surface area contributed by atoms with E-state index in [0.717, 1.165) is 0 Å². The van der Waals surface area contributed by atoms with Gasteiger partial charge in [0.1, 0.15) is 13.2 Å². The second-order valence-corrected chi connectivity index (χ2v) is 5.52. The molecule has 0 spiro atoms. The van der Waals surface area contributed by atoms with Crippen molar-refractivity contribution in [3.63, 3.8) is 0 Å². The number of nitrogens with zero attached hydrogens (tertiary/aromatic N) is 1. The number of methoxy groups -OCH3 is 2. The number of amides is 2. The van der Waals surface area contributed by atoms with Gasteiger partial charge in [0, 0.05) is 0 Å². The smallest absolute Gasteiger partial charge is 0.332 e. The first kappa shape index (κ1) is 20.2. The van der Waals surface area contributed by atoms with Gasteiger partial charge in [0.05, 0.1) is 25.5 Å². The summed E-state index contributed by atoms with van der Waals surface area (Å²) in [6, 6.07) is 9.84. The standard InChI is InChI=1S/C18H20ClN3O5/c1-24-14-5-3-4-6-15(14)26-7-8-27-17-13(19)9-12(10-16(17)25-2)11-21-22-18(20)23/h3-6,9-11H,7-8H2,1-2H3,(H3,20,22,23)/b21-11-. The summed E-state index contributed by atoms with van der Waals surface area (Å²) >= 11 is 6.26. The number of hydrogen-bond acceptors (Lipinski definition) is 6. The summed E-state index contributed by atoms with van der Waals surface area (Å²) in [5.74, 6) is 2.06. The van der Waals surface area contributed by atoms with E-state index < -0.39 is 6.03 Å². The number of halogens is 1. The van der Waals surface area contributed by atoms with Crippen LogP contribution in [0.15, 0.2) is 41.5 Å². The predicted octanol–water partition coefficient (Wildman–Crippen LogP) is 2.82. The molecule has 0 aliphatic carbocycles. The maximum atomic E-state index is 10.6. The van der Waals surface area contributed by atoms with Crippen LogP contribution in [0.4, 0.5) is 4.79 Å². The monoisotopic (exact) mass is 393 g/mol. The van der Waals surface area contributed by atoms with E-state index in [1.54, 1.807) is 25.3 Å². The van der Waals surface area contributed by atoms with E-state index in [-0.39, 0.29) is 13.2 Å². The van der Waals surface area contributed by atoms with Crippen molar-refractivity contribution in [2.24, 2.45) is 10.8 Å². The maximum absolute atomic E-state index is 10.6. The van der Waals surface area contributed by atoms with E-state index >= 15 is 0 Å². The van der Waals surface area contributed by atoms with Crippen LogP contribution in [0.2, 0.25) is 5.02 Å². The quantitative estimate of drug-likeness (QED) is 0.387. The highest BCUT2D eigenvalue weighted by Gasteiger charge is 2.12. The fourth-order valence-corrected chi connectivity index (χ4v) is 2.43. The van der Waals surface area contributed by atoms with E-state index in [9.17, 15) is 4.79 Å². The molecule has 0 aromatic heterocycles. The molecule has 2 aromatic rings. The van der Waals surface area contributed by atoms with E-state index in [1.807, 2.05) is 18.2 Å². The fourth-order valence-electron chi connectivity index (χ4n) is 2.16. The molecule has 0 saturated carbocycles. The van der Waals surface area contributed by atoms with E-state index in [4.69, 9.17) is 36.3 Å². The molecule has 0 bridgehead atoms. The van der Waals surface area contributed by atoms with Gasteiger partial charge in [-0.3, -0.25) is 0 Å². The summed E-state index contributed by atoms with van der Waals surface area (Å²) < 4.78 is 21.9. The number of primary amides is 1. The Labute approximate surface area is 161 Å². The van der Waals surface area contributed by atoms with Gasteiger partial charge in [0.25, 0.3) is 0 Å². The van der Waals surface area contributed by atoms with Gasteiger partial charge in [-0.25, -0.2) is 10.2 Å². The Hall–Kier alpha value is -3.13. The Kier molecular flexibility index (Phi) is 7.57. The minimum Gasteiger partial charge on any atom is -0.493 e. The van der Waals surface area contributed by atoms with Gasteiger partial charge in [0.15, 0.2) is 23.0 Å². The van der Waals surface area contributed by atoms with Crippen molar-refractivity contribution in [3.05, 3.63) is 47.0 Å². The largest absolute Gasteiger partial charge is 0.493 e. The number of hydrazone groups is 1. The first-order valence-corrected chi connectivity index (χ1v) is 8.27. The second-order valence-electron chi connectivity index (χ2n) is 5.12. The molecule has 27 heavy (non-hydrogen) atoms. The van der Waals surface area contributed by atoms with Gasteiger partial charge in [-0.05, 0) is 29.8 Å². The molecule has 0 aliphatic rings. The molecular formula is C18H20ClN3O5. The van der Waals surface area contributed by atoms with Crippen LogP contribution in [-0.4, -0.2) is 39.7 Å². The van der Waals surface area contributed by atoms with Crippen LogP contribution in [0.25, 0.3) is 0 Å². The minimum atomic E-state index is -0.765. The SMILES string of the molecule is COc1ccccc1OCCOc1c(Cl)cc(/C=N\NC(N)=O)cc1OC. The van der Waals surface area contributed by atoms with Gasteiger partial charge in [-0.15, -0.1) is 0 Å². The van der Waals surface area contributed by atoms with E-state index in [2.05, 4.69) is 10.5 Å². The Morgan fingerprint density at radius 2 is 1.78 bits per heavy atom. The van der Waals surface area contributed by atoms with Crippen LogP contribution in [-0.2, 0) is 0 Å². The van der Waals surface area contributed by atoms with Crippen LogP contribution in [0.5, 0.6) is 23.0 Å². The van der Waals surface area contributed by atoms with Crippen LogP contribution in [0.1, 0.15) is 5.56 Å². The molecule has 0 unspecified atom stereocenters. The molecule has 0 atom stereocenters. The van der Waals surface area contributed by atoms with Gasteiger partial charge < -0.3 is 24.7 Å². The van der Waals surface area contributed by atoms with Gasteiger partial charge >= 0.3 is 6.03 Å². The fraction of sp³-hybridized carbons (Fsp3) is 0.222. The number of benzene rings is 2. The van der Waals surface area contributed by atoms with Crippen LogP contribution < -0.4 is 30.1 Å². The Balaban J connectivity index is 1.99. The molecule has 8 nitrogen and oxygen atoms in total. The van der Waals surface area contributed by atoms with Gasteiger partial charge in [-0.2, -0.15) is 5.10 Å². The highest BCUT2D eigenvalue weighted by molar-refractivity contribution is 6.32. The molecule has 144 valence electrons. The minimum absolute atomic E-state index is 0.241. The lowest BCUT2D eigenvalue weighted by atomic mass is 10.2. The molecule has 0 saturated heterocycles. The van der Waals surface area contributed by atoms with Crippen LogP contribution in [0.3, 0.4) is 0 Å². The van der Waals surface area contributed by atoms with E-state index in [1.165, 1.54) is 13.3 Å². The highest BCUT2D eigenvalue weighted by atomic mass is 35.5. The summed E-state index contributed by atoms with van der Waals surface area (Å²) in [6.45, 7) is 0.524. The van der Waals surface area contributed by atoms with Crippen LogP contribution in [0, 0.1) is 0 Å².